The molecule has 1 aromatic carbocycles. The quantitative estimate of drug-likeness (QED) is 0.648. The van der Waals surface area contributed by atoms with Gasteiger partial charge < -0.3 is 19.5 Å². The highest BCUT2D eigenvalue weighted by atomic mass is 16.6. The smallest absolute Gasteiger partial charge is 0.414 e. The standard InChI is InChI=1S/C13H16N2O5/c1-15(2)13(18)20-11-6-9(4-5-10(11)17)7-12(19-3)14-8-16/h4-6,12,17H,7H2,1-3H3/t12-/m0/s1. The van der Waals surface area contributed by atoms with Crippen molar-refractivity contribution < 1.29 is 24.2 Å². The SMILES string of the molecule is CO[C@@H](Cc1ccc(O)c(OC(=O)N(C)C)c1)N=C=O. The van der Waals surface area contributed by atoms with Crippen molar-refractivity contribution in [3.05, 3.63) is 23.8 Å². The summed E-state index contributed by atoms with van der Waals surface area (Å²) in [5, 5.41) is 9.65. The lowest BCUT2D eigenvalue weighted by molar-refractivity contribution is 0.110. The normalized spacial score (nSPS) is 11.3. The molecule has 0 unspecified atom stereocenters. The van der Waals surface area contributed by atoms with Crippen LogP contribution in [0.4, 0.5) is 4.79 Å². The molecule has 0 aromatic heterocycles. The highest BCUT2D eigenvalue weighted by molar-refractivity contribution is 5.71. The average Bonchev–Trinajstić information content (AvgIpc) is 2.41. The van der Waals surface area contributed by atoms with Crippen LogP contribution in [-0.2, 0) is 16.0 Å². The van der Waals surface area contributed by atoms with Crippen molar-refractivity contribution in [2.45, 2.75) is 12.6 Å². The summed E-state index contributed by atoms with van der Waals surface area (Å²) in [5.41, 5.74) is 0.690. The molecule has 0 fully saturated rings. The summed E-state index contributed by atoms with van der Waals surface area (Å²) in [6.45, 7) is 0. The second-order valence-electron chi connectivity index (χ2n) is 4.18. The topological polar surface area (TPSA) is 88.4 Å². The molecule has 0 spiro atoms. The van der Waals surface area contributed by atoms with Gasteiger partial charge in [-0.25, -0.2) is 9.59 Å². The van der Waals surface area contributed by atoms with Gasteiger partial charge in [0, 0.05) is 27.6 Å². The van der Waals surface area contributed by atoms with Crippen molar-refractivity contribution in [1.29, 1.82) is 0 Å². The first kappa shape index (κ1) is 15.7. The molecule has 0 aliphatic heterocycles. The second-order valence-corrected chi connectivity index (χ2v) is 4.18. The van der Waals surface area contributed by atoms with Gasteiger partial charge in [0.1, 0.15) is 0 Å². The molecule has 1 amide bonds. The third kappa shape index (κ3) is 4.38. The summed E-state index contributed by atoms with van der Waals surface area (Å²) in [4.78, 5) is 26.4. The Morgan fingerprint density at radius 3 is 2.75 bits per heavy atom. The summed E-state index contributed by atoms with van der Waals surface area (Å²) in [6.07, 6.45) is 0.434. The fraction of sp³-hybridized carbons (Fsp3) is 0.385. The van der Waals surface area contributed by atoms with Gasteiger partial charge in [0.15, 0.2) is 17.7 Å². The second kappa shape index (κ2) is 7.28. The molecule has 0 bridgehead atoms. The monoisotopic (exact) mass is 280 g/mol. The minimum Gasteiger partial charge on any atom is -0.504 e. The van der Waals surface area contributed by atoms with E-state index in [-0.39, 0.29) is 11.5 Å². The number of methoxy groups -OCH3 is 1. The van der Waals surface area contributed by atoms with Crippen LogP contribution >= 0.6 is 0 Å². The van der Waals surface area contributed by atoms with Crippen LogP contribution in [0.25, 0.3) is 0 Å². The van der Waals surface area contributed by atoms with Gasteiger partial charge in [-0.15, -0.1) is 0 Å². The van der Waals surface area contributed by atoms with E-state index in [0.717, 1.165) is 0 Å². The zero-order valence-electron chi connectivity index (χ0n) is 11.5. The molecule has 0 aliphatic carbocycles. The summed E-state index contributed by atoms with van der Waals surface area (Å²) in [7, 11) is 4.48. The molecule has 108 valence electrons. The van der Waals surface area contributed by atoms with Crippen LogP contribution in [0.1, 0.15) is 5.56 Å². The number of hydrogen-bond acceptors (Lipinski definition) is 6. The molecule has 0 saturated carbocycles. The third-order valence-electron chi connectivity index (χ3n) is 2.47. The Hall–Kier alpha value is -2.37. The molecule has 0 saturated heterocycles. The fourth-order valence-corrected chi connectivity index (χ4v) is 1.39. The van der Waals surface area contributed by atoms with Crippen LogP contribution in [0.5, 0.6) is 11.5 Å². The van der Waals surface area contributed by atoms with Gasteiger partial charge in [-0.3, -0.25) is 0 Å². The summed E-state index contributed by atoms with van der Waals surface area (Å²) in [6, 6.07) is 4.50. The van der Waals surface area contributed by atoms with E-state index in [0.29, 0.717) is 12.0 Å². The van der Waals surface area contributed by atoms with E-state index in [1.807, 2.05) is 0 Å². The first-order valence-electron chi connectivity index (χ1n) is 5.78. The van der Waals surface area contributed by atoms with Crippen LogP contribution in [0.3, 0.4) is 0 Å². The maximum Gasteiger partial charge on any atom is 0.414 e. The lowest BCUT2D eigenvalue weighted by Gasteiger charge is -2.13. The molecule has 0 heterocycles. The summed E-state index contributed by atoms with van der Waals surface area (Å²) < 4.78 is 9.99. The number of isocyanates is 1. The lowest BCUT2D eigenvalue weighted by atomic mass is 10.1. The molecule has 7 heteroatoms. The van der Waals surface area contributed by atoms with E-state index in [2.05, 4.69) is 4.99 Å². The van der Waals surface area contributed by atoms with Crippen molar-refractivity contribution in [2.24, 2.45) is 4.99 Å². The number of nitrogens with zero attached hydrogens (tertiary/aromatic N) is 2. The maximum absolute atomic E-state index is 11.5. The number of amides is 1. The first-order valence-corrected chi connectivity index (χ1v) is 5.78. The van der Waals surface area contributed by atoms with E-state index < -0.39 is 12.3 Å². The minimum absolute atomic E-state index is 0.0335. The zero-order valence-corrected chi connectivity index (χ0v) is 11.5. The number of carbonyl (C=O) groups excluding carboxylic acids is 2. The number of phenolic OH excluding ortho intramolecular Hbond substituents is 1. The molecule has 0 radical (unpaired) electrons. The first-order chi connectivity index (χ1) is 9.47. The molecular formula is C13H16N2O5. The van der Waals surface area contributed by atoms with Crippen molar-refractivity contribution in [2.75, 3.05) is 21.2 Å². The molecule has 7 nitrogen and oxygen atoms in total. The molecule has 1 rings (SSSR count). The number of phenols is 1. The van der Waals surface area contributed by atoms with Gasteiger partial charge >= 0.3 is 6.09 Å². The number of aromatic hydroxyl groups is 1. The Kier molecular flexibility index (Phi) is 5.71. The molecule has 0 aliphatic rings. The average molecular weight is 280 g/mol. The zero-order chi connectivity index (χ0) is 15.1. The summed E-state index contributed by atoms with van der Waals surface area (Å²) >= 11 is 0. The Balaban J connectivity index is 2.90. The molecule has 1 atom stereocenters. The number of rotatable bonds is 5. The van der Waals surface area contributed by atoms with Crippen LogP contribution in [0.2, 0.25) is 0 Å². The van der Waals surface area contributed by atoms with Crippen LogP contribution in [0.15, 0.2) is 23.2 Å². The van der Waals surface area contributed by atoms with Gasteiger partial charge in [-0.05, 0) is 17.7 Å². The summed E-state index contributed by atoms with van der Waals surface area (Å²) in [5.74, 6) is -0.122. The highest BCUT2D eigenvalue weighted by Crippen LogP contribution is 2.28. The largest absolute Gasteiger partial charge is 0.504 e. The van der Waals surface area contributed by atoms with Crippen molar-refractivity contribution in [1.82, 2.24) is 4.90 Å². The van der Waals surface area contributed by atoms with Crippen LogP contribution in [0, 0.1) is 0 Å². The Labute approximate surface area is 116 Å². The van der Waals surface area contributed by atoms with Crippen molar-refractivity contribution in [3.63, 3.8) is 0 Å². The molecule has 1 N–H and O–H groups in total. The van der Waals surface area contributed by atoms with Crippen LogP contribution < -0.4 is 4.74 Å². The predicted octanol–water partition coefficient (Wildman–Crippen LogP) is 1.30. The maximum atomic E-state index is 11.5. The Morgan fingerprint density at radius 1 is 1.50 bits per heavy atom. The fourth-order valence-electron chi connectivity index (χ4n) is 1.39. The third-order valence-corrected chi connectivity index (χ3v) is 2.47. The number of hydrogen-bond donors (Lipinski definition) is 1. The van der Waals surface area contributed by atoms with E-state index in [1.165, 1.54) is 44.3 Å². The number of aliphatic imine (C=N–C) groups is 1. The van der Waals surface area contributed by atoms with E-state index in [4.69, 9.17) is 9.47 Å². The Morgan fingerprint density at radius 2 is 2.20 bits per heavy atom. The van der Waals surface area contributed by atoms with Gasteiger partial charge in [0.2, 0.25) is 6.08 Å². The number of carbonyl (C=O) groups is 1. The number of ether oxygens (including phenoxy) is 2. The molecule has 1 aromatic rings. The van der Waals surface area contributed by atoms with E-state index in [9.17, 15) is 14.7 Å². The van der Waals surface area contributed by atoms with Crippen molar-refractivity contribution in [3.8, 4) is 11.5 Å². The van der Waals surface area contributed by atoms with E-state index in [1.54, 1.807) is 6.07 Å². The van der Waals surface area contributed by atoms with Gasteiger partial charge in [0.25, 0.3) is 0 Å². The molecular weight excluding hydrogens is 264 g/mol. The minimum atomic E-state index is -0.672. The highest BCUT2D eigenvalue weighted by Gasteiger charge is 2.13. The van der Waals surface area contributed by atoms with Gasteiger partial charge in [0.05, 0.1) is 0 Å². The molecule has 20 heavy (non-hydrogen) atoms. The van der Waals surface area contributed by atoms with Crippen LogP contribution in [-0.4, -0.2) is 49.6 Å². The lowest BCUT2D eigenvalue weighted by Crippen LogP contribution is -2.25. The van der Waals surface area contributed by atoms with Gasteiger partial charge in [-0.2, -0.15) is 4.99 Å². The predicted molar refractivity (Wildman–Crippen MR) is 70.4 cm³/mol. The van der Waals surface area contributed by atoms with E-state index >= 15 is 0 Å². The van der Waals surface area contributed by atoms with Crippen molar-refractivity contribution >= 4 is 12.2 Å². The van der Waals surface area contributed by atoms with Gasteiger partial charge in [-0.1, -0.05) is 6.07 Å². The number of benzene rings is 1. The Bertz CT molecular complexity index is 523.